The highest BCUT2D eigenvalue weighted by Crippen LogP contribution is 2.44. The second kappa shape index (κ2) is 8.28. The summed E-state index contributed by atoms with van der Waals surface area (Å²) in [4.78, 5) is 0.0911. The molecule has 0 unspecified atom stereocenters. The minimum Gasteiger partial charge on any atom is -0.504 e. The molecule has 0 radical (unpaired) electrons. The van der Waals surface area contributed by atoms with Crippen LogP contribution in [-0.4, -0.2) is 25.7 Å². The highest BCUT2D eigenvalue weighted by Gasteiger charge is 2.19. The van der Waals surface area contributed by atoms with Crippen LogP contribution in [0.2, 0.25) is 0 Å². The van der Waals surface area contributed by atoms with Gasteiger partial charge >= 0.3 is 0 Å². The van der Waals surface area contributed by atoms with Gasteiger partial charge in [0.15, 0.2) is 11.5 Å². The Morgan fingerprint density at radius 2 is 1.38 bits per heavy atom. The van der Waals surface area contributed by atoms with Crippen molar-refractivity contribution < 1.29 is 23.4 Å². The van der Waals surface area contributed by atoms with Gasteiger partial charge in [-0.2, -0.15) is 0 Å². The lowest BCUT2D eigenvalue weighted by molar-refractivity contribution is 0.406. The molecule has 0 aromatic heterocycles. The van der Waals surface area contributed by atoms with Gasteiger partial charge in [0, 0.05) is 10.9 Å². The Hall–Kier alpha value is -4.23. The quantitative estimate of drug-likeness (QED) is 0.278. The number of nitrogens with one attached hydrogen (secondary N) is 1. The predicted molar refractivity (Wildman–Crippen MR) is 134 cm³/mol. The van der Waals surface area contributed by atoms with Crippen LogP contribution in [-0.2, 0) is 10.0 Å². The van der Waals surface area contributed by atoms with Crippen LogP contribution >= 0.6 is 0 Å². The van der Waals surface area contributed by atoms with E-state index in [1.54, 1.807) is 18.2 Å². The van der Waals surface area contributed by atoms with Crippen molar-refractivity contribution in [2.45, 2.75) is 4.90 Å². The fourth-order valence-corrected chi connectivity index (χ4v) is 5.18. The fourth-order valence-electron chi connectivity index (χ4n) is 4.11. The monoisotopic (exact) mass is 471 g/mol. The topological polar surface area (TPSA) is 95.9 Å². The molecule has 7 heteroatoms. The number of phenolic OH excluding ortho intramolecular Hbond substituents is 2. The average molecular weight is 472 g/mol. The molecule has 0 heterocycles. The molecule has 0 aliphatic carbocycles. The number of rotatable bonds is 5. The Morgan fingerprint density at radius 1 is 0.765 bits per heavy atom. The van der Waals surface area contributed by atoms with E-state index in [1.165, 1.54) is 25.3 Å². The van der Waals surface area contributed by atoms with Gasteiger partial charge < -0.3 is 14.9 Å². The molecule has 5 aromatic rings. The summed E-state index contributed by atoms with van der Waals surface area (Å²) >= 11 is 0. The normalized spacial score (nSPS) is 11.6. The Bertz CT molecular complexity index is 1640. The molecule has 0 amide bonds. The molecule has 0 saturated carbocycles. The van der Waals surface area contributed by atoms with Crippen molar-refractivity contribution in [3.63, 3.8) is 0 Å². The van der Waals surface area contributed by atoms with Crippen molar-refractivity contribution in [1.29, 1.82) is 0 Å². The minimum atomic E-state index is -3.91. The number of ether oxygens (including phenoxy) is 1. The van der Waals surface area contributed by atoms with Gasteiger partial charge in [-0.25, -0.2) is 8.42 Å². The van der Waals surface area contributed by atoms with Crippen molar-refractivity contribution in [3.8, 4) is 28.4 Å². The van der Waals surface area contributed by atoms with E-state index < -0.39 is 10.0 Å². The lowest BCUT2D eigenvalue weighted by atomic mass is 9.94. The Labute approximate surface area is 196 Å². The van der Waals surface area contributed by atoms with E-state index in [0.717, 1.165) is 16.2 Å². The fraction of sp³-hybridized carbons (Fsp3) is 0.0370. The van der Waals surface area contributed by atoms with Crippen LogP contribution in [0, 0.1) is 0 Å². The van der Waals surface area contributed by atoms with Gasteiger partial charge in [-0.05, 0) is 64.2 Å². The second-order valence-corrected chi connectivity index (χ2v) is 9.55. The molecular formula is C27H21NO5S. The van der Waals surface area contributed by atoms with Gasteiger partial charge in [-0.3, -0.25) is 4.72 Å². The summed E-state index contributed by atoms with van der Waals surface area (Å²) in [5, 5.41) is 24.1. The van der Waals surface area contributed by atoms with E-state index in [4.69, 9.17) is 4.74 Å². The number of aromatic hydroxyl groups is 2. The Balaban J connectivity index is 1.71. The van der Waals surface area contributed by atoms with Crippen LogP contribution in [0.4, 0.5) is 5.69 Å². The highest BCUT2D eigenvalue weighted by atomic mass is 32.2. The molecule has 34 heavy (non-hydrogen) atoms. The van der Waals surface area contributed by atoms with E-state index in [1.807, 2.05) is 54.6 Å². The third kappa shape index (κ3) is 3.76. The van der Waals surface area contributed by atoms with Gasteiger partial charge in [-0.15, -0.1) is 0 Å². The maximum atomic E-state index is 13.2. The maximum Gasteiger partial charge on any atom is 0.261 e. The van der Waals surface area contributed by atoms with Crippen molar-refractivity contribution in [3.05, 3.63) is 91.0 Å². The van der Waals surface area contributed by atoms with Crippen LogP contribution < -0.4 is 9.46 Å². The van der Waals surface area contributed by atoms with Crippen molar-refractivity contribution in [2.75, 3.05) is 11.8 Å². The third-order valence-electron chi connectivity index (χ3n) is 5.77. The molecule has 0 aliphatic heterocycles. The van der Waals surface area contributed by atoms with E-state index in [-0.39, 0.29) is 16.4 Å². The first kappa shape index (κ1) is 21.6. The summed E-state index contributed by atoms with van der Waals surface area (Å²) in [6, 6.07) is 25.9. The second-order valence-electron chi connectivity index (χ2n) is 7.87. The average Bonchev–Trinajstić information content (AvgIpc) is 2.84. The van der Waals surface area contributed by atoms with Gasteiger partial charge in [0.2, 0.25) is 0 Å². The number of benzene rings is 5. The zero-order valence-corrected chi connectivity index (χ0v) is 19.0. The molecule has 0 bridgehead atoms. The molecule has 0 aliphatic rings. The first-order valence-electron chi connectivity index (χ1n) is 10.5. The first-order valence-corrected chi connectivity index (χ1v) is 12.0. The van der Waals surface area contributed by atoms with Crippen LogP contribution in [0.15, 0.2) is 95.9 Å². The number of anilines is 1. The zero-order valence-electron chi connectivity index (χ0n) is 18.2. The smallest absolute Gasteiger partial charge is 0.261 e. The van der Waals surface area contributed by atoms with Gasteiger partial charge in [0.25, 0.3) is 10.0 Å². The number of hydrogen-bond donors (Lipinski definition) is 3. The lowest BCUT2D eigenvalue weighted by Crippen LogP contribution is -2.13. The van der Waals surface area contributed by atoms with Crippen molar-refractivity contribution in [1.82, 2.24) is 0 Å². The summed E-state index contributed by atoms with van der Waals surface area (Å²) in [7, 11) is -2.39. The minimum absolute atomic E-state index is 0.0911. The highest BCUT2D eigenvalue weighted by molar-refractivity contribution is 7.92. The number of sulfonamides is 1. The molecule has 5 rings (SSSR count). The molecule has 0 fully saturated rings. The standard InChI is InChI=1S/C27H21NO5S/c1-33-20-10-12-21(13-11-20)34(31,32)28-24-15-19(14-17-6-2-4-8-22(17)24)26-23-9-5-3-7-18(23)16-25(29)27(26)30/h2-16,28-30H,1H3. The summed E-state index contributed by atoms with van der Waals surface area (Å²) in [5.41, 5.74) is 1.35. The molecule has 6 nitrogen and oxygen atoms in total. The molecule has 3 N–H and O–H groups in total. The summed E-state index contributed by atoms with van der Waals surface area (Å²) in [6.45, 7) is 0. The maximum absolute atomic E-state index is 13.2. The van der Waals surface area contributed by atoms with E-state index in [0.29, 0.717) is 28.0 Å². The summed E-state index contributed by atoms with van der Waals surface area (Å²) < 4.78 is 34.2. The van der Waals surface area contributed by atoms with Gasteiger partial charge in [0.1, 0.15) is 5.75 Å². The SMILES string of the molecule is COc1ccc(S(=O)(=O)Nc2cc(-c3c(O)c(O)cc4ccccc34)cc3ccccc23)cc1. The Morgan fingerprint density at radius 3 is 2.06 bits per heavy atom. The van der Waals surface area contributed by atoms with Crippen LogP contribution in [0.5, 0.6) is 17.2 Å². The Kier molecular flexibility index (Phi) is 5.26. The van der Waals surface area contributed by atoms with Gasteiger partial charge in [0.05, 0.1) is 17.7 Å². The number of hydrogen-bond acceptors (Lipinski definition) is 5. The van der Waals surface area contributed by atoms with Crippen molar-refractivity contribution in [2.24, 2.45) is 0 Å². The number of methoxy groups -OCH3 is 1. The molecule has 0 spiro atoms. The van der Waals surface area contributed by atoms with E-state index >= 15 is 0 Å². The zero-order chi connectivity index (χ0) is 23.9. The lowest BCUT2D eigenvalue weighted by Gasteiger charge is -2.16. The van der Waals surface area contributed by atoms with Crippen LogP contribution in [0.1, 0.15) is 0 Å². The third-order valence-corrected chi connectivity index (χ3v) is 7.15. The molecule has 0 saturated heterocycles. The summed E-state index contributed by atoms with van der Waals surface area (Å²) in [6.07, 6.45) is 0. The van der Waals surface area contributed by atoms with Crippen LogP contribution in [0.3, 0.4) is 0 Å². The van der Waals surface area contributed by atoms with E-state index in [2.05, 4.69) is 4.72 Å². The number of fused-ring (bicyclic) bond motifs is 2. The van der Waals surface area contributed by atoms with Crippen molar-refractivity contribution >= 4 is 37.3 Å². The number of phenols is 2. The first-order chi connectivity index (χ1) is 16.4. The summed E-state index contributed by atoms with van der Waals surface area (Å²) in [5.74, 6) is 0.0396. The molecule has 5 aromatic carbocycles. The largest absolute Gasteiger partial charge is 0.504 e. The molecular weight excluding hydrogens is 450 g/mol. The predicted octanol–water partition coefficient (Wildman–Crippen LogP) is 5.88. The van der Waals surface area contributed by atoms with E-state index in [9.17, 15) is 18.6 Å². The molecule has 170 valence electrons. The molecule has 0 atom stereocenters. The van der Waals surface area contributed by atoms with Crippen LogP contribution in [0.25, 0.3) is 32.7 Å². The van der Waals surface area contributed by atoms with Gasteiger partial charge in [-0.1, -0.05) is 48.5 Å².